The van der Waals surface area contributed by atoms with Crippen LogP contribution in [0.5, 0.6) is 5.75 Å². The van der Waals surface area contributed by atoms with E-state index in [9.17, 15) is 9.59 Å². The van der Waals surface area contributed by atoms with Crippen molar-refractivity contribution in [3.8, 4) is 5.75 Å². The second-order valence-electron chi connectivity index (χ2n) is 6.54. The van der Waals surface area contributed by atoms with Crippen molar-refractivity contribution in [1.82, 2.24) is 5.32 Å². The Balaban J connectivity index is 0.000000291. The minimum absolute atomic E-state index is 0.0643. The number of nitrogens with zero attached hydrogens (tertiary/aromatic N) is 2. The number of methoxy groups -OCH3 is 1. The molecule has 158 valence electrons. The first kappa shape index (κ1) is 24.4. The minimum atomic E-state index is -0.107. The summed E-state index contributed by atoms with van der Waals surface area (Å²) in [5.74, 6) is 1.07. The number of nitrogens with one attached hydrogen (secondary N) is 2. The highest BCUT2D eigenvalue weighted by Crippen LogP contribution is 2.27. The molecule has 1 heterocycles. The van der Waals surface area contributed by atoms with Gasteiger partial charge in [-0.25, -0.2) is 0 Å². The lowest BCUT2D eigenvalue weighted by Crippen LogP contribution is -2.28. The van der Waals surface area contributed by atoms with Gasteiger partial charge in [0.05, 0.1) is 12.8 Å². The van der Waals surface area contributed by atoms with E-state index in [-0.39, 0.29) is 11.8 Å². The predicted octanol–water partition coefficient (Wildman–Crippen LogP) is 4.72. The van der Waals surface area contributed by atoms with Crippen molar-refractivity contribution in [2.45, 2.75) is 53.4 Å². The highest BCUT2D eigenvalue weighted by molar-refractivity contribution is 6.31. The molecule has 2 rings (SSSR count). The van der Waals surface area contributed by atoms with Crippen LogP contribution < -0.4 is 15.4 Å². The largest absolute Gasteiger partial charge is 0.495 e. The third kappa shape index (κ3) is 9.38. The number of hydrogen-bond donors (Lipinski definition) is 2. The number of halogens is 1. The van der Waals surface area contributed by atoms with Gasteiger partial charge in [0.15, 0.2) is 0 Å². The predicted molar refractivity (Wildman–Crippen MR) is 119 cm³/mol. The van der Waals surface area contributed by atoms with Crippen LogP contribution in [0.25, 0.3) is 0 Å². The fourth-order valence-corrected chi connectivity index (χ4v) is 2.59. The molecule has 0 aromatic heterocycles. The van der Waals surface area contributed by atoms with E-state index >= 15 is 0 Å². The first-order valence-corrected chi connectivity index (χ1v) is 9.88. The topological polar surface area (TPSA) is 92.1 Å². The van der Waals surface area contributed by atoms with E-state index in [0.717, 1.165) is 24.1 Å². The Morgan fingerprint density at radius 1 is 1.24 bits per heavy atom. The molecule has 7 nitrogen and oxygen atoms in total. The van der Waals surface area contributed by atoms with Gasteiger partial charge in [-0.15, -0.1) is 5.10 Å². The van der Waals surface area contributed by atoms with Crippen LogP contribution in [0.15, 0.2) is 40.1 Å². The van der Waals surface area contributed by atoms with Crippen LogP contribution in [-0.4, -0.2) is 30.5 Å². The number of benzene rings is 1. The molecule has 0 unspecified atom stereocenters. The number of rotatable bonds is 6. The number of anilines is 1. The minimum Gasteiger partial charge on any atom is -0.495 e. The summed E-state index contributed by atoms with van der Waals surface area (Å²) in [5, 5.41) is 13.7. The van der Waals surface area contributed by atoms with Gasteiger partial charge < -0.3 is 15.4 Å². The van der Waals surface area contributed by atoms with E-state index in [1.54, 1.807) is 38.3 Å². The summed E-state index contributed by atoms with van der Waals surface area (Å²) in [6.07, 6.45) is 4.70. The first-order valence-electron chi connectivity index (χ1n) is 9.50. The highest BCUT2D eigenvalue weighted by Gasteiger charge is 2.10. The number of amides is 2. The molecule has 0 spiro atoms. The van der Waals surface area contributed by atoms with Crippen LogP contribution in [0.4, 0.5) is 5.69 Å². The van der Waals surface area contributed by atoms with Crippen molar-refractivity contribution < 1.29 is 14.3 Å². The van der Waals surface area contributed by atoms with Crippen LogP contribution >= 0.6 is 11.6 Å². The summed E-state index contributed by atoms with van der Waals surface area (Å²) in [7, 11) is 1.55. The van der Waals surface area contributed by atoms with Crippen molar-refractivity contribution >= 4 is 40.6 Å². The SMILES string of the molecule is CCC(=O)Nc1cc(Cl)ccc1OC.CCC/C(C)=C/C(=O)NC1=NN=C(C)C1. The second-order valence-corrected chi connectivity index (χ2v) is 6.97. The van der Waals surface area contributed by atoms with Crippen molar-refractivity contribution in [3.05, 3.63) is 34.9 Å². The fourth-order valence-electron chi connectivity index (χ4n) is 2.41. The number of ether oxygens (including phenoxy) is 1. The van der Waals surface area contributed by atoms with Gasteiger partial charge in [0.25, 0.3) is 0 Å². The summed E-state index contributed by atoms with van der Waals surface area (Å²) < 4.78 is 5.07. The number of carbonyl (C=O) groups is 2. The maximum atomic E-state index is 11.5. The van der Waals surface area contributed by atoms with Crippen molar-refractivity contribution in [2.75, 3.05) is 12.4 Å². The second kappa shape index (κ2) is 12.7. The van der Waals surface area contributed by atoms with E-state index in [1.807, 2.05) is 13.8 Å². The zero-order valence-electron chi connectivity index (χ0n) is 17.6. The Morgan fingerprint density at radius 3 is 2.52 bits per heavy atom. The number of carbonyl (C=O) groups excluding carboxylic acids is 2. The van der Waals surface area contributed by atoms with Gasteiger partial charge in [0.1, 0.15) is 11.6 Å². The molecular weight excluding hydrogens is 392 g/mol. The summed E-state index contributed by atoms with van der Waals surface area (Å²) >= 11 is 5.79. The quantitative estimate of drug-likeness (QED) is 0.652. The van der Waals surface area contributed by atoms with Crippen LogP contribution in [0.1, 0.15) is 53.4 Å². The zero-order chi connectivity index (χ0) is 21.8. The summed E-state index contributed by atoms with van der Waals surface area (Å²) in [6.45, 7) is 7.72. The van der Waals surface area contributed by atoms with E-state index in [2.05, 4.69) is 27.8 Å². The Hall–Kier alpha value is -2.67. The van der Waals surface area contributed by atoms with Gasteiger partial charge in [-0.1, -0.05) is 37.4 Å². The lowest BCUT2D eigenvalue weighted by molar-refractivity contribution is -0.116. The Morgan fingerprint density at radius 2 is 1.97 bits per heavy atom. The maximum absolute atomic E-state index is 11.5. The molecule has 0 fully saturated rings. The summed E-state index contributed by atoms with van der Waals surface area (Å²) in [6, 6.07) is 5.09. The molecule has 0 saturated heterocycles. The summed E-state index contributed by atoms with van der Waals surface area (Å²) in [4.78, 5) is 22.6. The lowest BCUT2D eigenvalue weighted by Gasteiger charge is -2.09. The molecule has 1 aliphatic rings. The van der Waals surface area contributed by atoms with Crippen LogP contribution in [0, 0.1) is 0 Å². The van der Waals surface area contributed by atoms with E-state index in [0.29, 0.717) is 35.1 Å². The Labute approximate surface area is 177 Å². The van der Waals surface area contributed by atoms with E-state index < -0.39 is 0 Å². The number of amidine groups is 1. The molecule has 1 aromatic carbocycles. The molecule has 2 N–H and O–H groups in total. The fraction of sp³-hybridized carbons (Fsp3) is 0.429. The Bertz CT molecular complexity index is 816. The third-order valence-electron chi connectivity index (χ3n) is 3.81. The van der Waals surface area contributed by atoms with Gasteiger partial charge in [-0.3, -0.25) is 9.59 Å². The van der Waals surface area contributed by atoms with E-state index in [4.69, 9.17) is 16.3 Å². The molecule has 8 heteroatoms. The number of hydrogen-bond acceptors (Lipinski definition) is 5. The zero-order valence-corrected chi connectivity index (χ0v) is 18.4. The normalized spacial score (nSPS) is 13.0. The monoisotopic (exact) mass is 420 g/mol. The van der Waals surface area contributed by atoms with Crippen molar-refractivity contribution in [1.29, 1.82) is 0 Å². The van der Waals surface area contributed by atoms with Gasteiger partial charge in [-0.2, -0.15) is 5.10 Å². The maximum Gasteiger partial charge on any atom is 0.249 e. The molecule has 29 heavy (non-hydrogen) atoms. The molecule has 0 aliphatic carbocycles. The average molecular weight is 421 g/mol. The third-order valence-corrected chi connectivity index (χ3v) is 4.05. The average Bonchev–Trinajstić information content (AvgIpc) is 3.07. The number of allylic oxidation sites excluding steroid dienone is 1. The van der Waals surface area contributed by atoms with E-state index in [1.165, 1.54) is 0 Å². The first-order chi connectivity index (χ1) is 13.8. The lowest BCUT2D eigenvalue weighted by atomic mass is 10.1. The molecule has 0 atom stereocenters. The van der Waals surface area contributed by atoms with Crippen molar-refractivity contribution in [2.24, 2.45) is 10.2 Å². The molecule has 1 aromatic rings. The molecule has 2 amide bonds. The van der Waals surface area contributed by atoms with Gasteiger partial charge >= 0.3 is 0 Å². The standard InChI is InChI=1S/C11H17N3O.C10H12ClNO2/c1-4-5-8(2)6-11(15)12-10-7-9(3)13-14-10;1-3-10(13)12-8-6-7(11)4-5-9(8)14-2/h6H,4-5,7H2,1-3H3,(H,12,14,15);4-6H,3H2,1-2H3,(H,12,13)/b8-6+;. The Kier molecular flexibility index (Phi) is 10.7. The smallest absolute Gasteiger partial charge is 0.249 e. The van der Waals surface area contributed by atoms with Gasteiger partial charge in [0.2, 0.25) is 11.8 Å². The molecule has 1 aliphatic heterocycles. The molecule has 0 bridgehead atoms. The van der Waals surface area contributed by atoms with Crippen molar-refractivity contribution in [3.63, 3.8) is 0 Å². The van der Waals surface area contributed by atoms with Gasteiger partial charge in [0, 0.05) is 29.7 Å². The molecule has 0 saturated carbocycles. The molecule has 0 radical (unpaired) electrons. The van der Waals surface area contributed by atoms with Gasteiger partial charge in [-0.05, 0) is 38.5 Å². The van der Waals surface area contributed by atoms with Crippen LogP contribution in [0.3, 0.4) is 0 Å². The van der Waals surface area contributed by atoms with Crippen LogP contribution in [0.2, 0.25) is 5.02 Å². The molecular formula is C21H29ClN4O3. The highest BCUT2D eigenvalue weighted by atomic mass is 35.5. The summed E-state index contributed by atoms with van der Waals surface area (Å²) in [5.41, 5.74) is 2.62. The van der Waals surface area contributed by atoms with Crippen LogP contribution in [-0.2, 0) is 9.59 Å².